The van der Waals surface area contributed by atoms with E-state index in [2.05, 4.69) is 10.2 Å². The number of nitro groups is 1. The van der Waals surface area contributed by atoms with Crippen LogP contribution in [0, 0.1) is 17.0 Å². The Morgan fingerprint density at radius 2 is 2.22 bits per heavy atom. The molecule has 1 unspecified atom stereocenters. The van der Waals surface area contributed by atoms with Crippen LogP contribution in [0.4, 0.5) is 5.69 Å². The van der Waals surface area contributed by atoms with Gasteiger partial charge in [0.1, 0.15) is 6.04 Å². The summed E-state index contributed by atoms with van der Waals surface area (Å²) in [5.74, 6) is -0.0122. The third-order valence-electron chi connectivity index (χ3n) is 4.11. The number of benzene rings is 1. The van der Waals surface area contributed by atoms with Crippen LogP contribution in [0.5, 0.6) is 0 Å². The van der Waals surface area contributed by atoms with Crippen molar-refractivity contribution in [2.75, 3.05) is 13.1 Å². The fourth-order valence-electron chi connectivity index (χ4n) is 2.90. The van der Waals surface area contributed by atoms with Crippen LogP contribution in [0.3, 0.4) is 0 Å². The molecule has 1 amide bonds. The highest BCUT2D eigenvalue weighted by atomic mass is 32.1. The molecular weight excluding hydrogens is 314 g/mol. The maximum Gasteiger partial charge on any atom is 0.272 e. The van der Waals surface area contributed by atoms with E-state index in [0.29, 0.717) is 18.7 Å². The van der Waals surface area contributed by atoms with E-state index in [9.17, 15) is 14.9 Å². The van der Waals surface area contributed by atoms with E-state index < -0.39 is 0 Å². The summed E-state index contributed by atoms with van der Waals surface area (Å²) in [4.78, 5) is 26.1. The Bertz CT molecular complexity index is 730. The molecule has 23 heavy (non-hydrogen) atoms. The summed E-state index contributed by atoms with van der Waals surface area (Å²) >= 11 is 1.55. The van der Waals surface area contributed by atoms with Crippen LogP contribution >= 0.6 is 11.3 Å². The van der Waals surface area contributed by atoms with Crippen molar-refractivity contribution in [3.8, 4) is 0 Å². The van der Waals surface area contributed by atoms with Gasteiger partial charge in [-0.3, -0.25) is 19.8 Å². The second kappa shape index (κ2) is 6.47. The average Bonchev–Trinajstić information content (AvgIpc) is 3.03. The summed E-state index contributed by atoms with van der Waals surface area (Å²) in [5.41, 5.74) is 1.67. The van der Waals surface area contributed by atoms with Gasteiger partial charge in [0.2, 0.25) is 5.91 Å². The molecule has 2 heterocycles. The average molecular weight is 331 g/mol. The van der Waals surface area contributed by atoms with E-state index in [4.69, 9.17) is 0 Å². The van der Waals surface area contributed by atoms with E-state index in [1.807, 2.05) is 23.6 Å². The van der Waals surface area contributed by atoms with Crippen LogP contribution < -0.4 is 5.32 Å². The van der Waals surface area contributed by atoms with E-state index in [-0.39, 0.29) is 22.6 Å². The maximum atomic E-state index is 12.3. The van der Waals surface area contributed by atoms with E-state index in [1.165, 1.54) is 6.07 Å². The Morgan fingerprint density at radius 1 is 1.39 bits per heavy atom. The lowest BCUT2D eigenvalue weighted by Gasteiger charge is -2.34. The molecule has 0 aliphatic carbocycles. The molecule has 0 radical (unpaired) electrons. The first-order valence-electron chi connectivity index (χ1n) is 7.36. The molecule has 6 nitrogen and oxygen atoms in total. The molecule has 7 heteroatoms. The van der Waals surface area contributed by atoms with Gasteiger partial charge in [0, 0.05) is 36.1 Å². The highest BCUT2D eigenvalue weighted by molar-refractivity contribution is 7.10. The number of nitrogens with one attached hydrogen (secondary N) is 1. The molecule has 1 aromatic carbocycles. The molecule has 1 aliphatic heterocycles. The Morgan fingerprint density at radius 3 is 2.91 bits per heavy atom. The normalized spacial score (nSPS) is 18.7. The topological polar surface area (TPSA) is 75.5 Å². The summed E-state index contributed by atoms with van der Waals surface area (Å²) in [6.07, 6.45) is 0. The molecular formula is C16H17N3O3S. The Kier molecular flexibility index (Phi) is 4.40. The van der Waals surface area contributed by atoms with Crippen LogP contribution in [0.2, 0.25) is 0 Å². The Hall–Kier alpha value is -2.25. The summed E-state index contributed by atoms with van der Waals surface area (Å²) in [6.45, 7) is 3.59. The number of nitrogens with zero attached hydrogens (tertiary/aromatic N) is 2. The van der Waals surface area contributed by atoms with Crippen molar-refractivity contribution in [3.63, 3.8) is 0 Å². The lowest BCUT2D eigenvalue weighted by atomic mass is 10.0. The van der Waals surface area contributed by atoms with Crippen molar-refractivity contribution in [1.29, 1.82) is 0 Å². The fraction of sp³-hybridized carbons (Fsp3) is 0.312. The van der Waals surface area contributed by atoms with Gasteiger partial charge in [-0.05, 0) is 23.9 Å². The molecule has 0 spiro atoms. The molecule has 3 rings (SSSR count). The van der Waals surface area contributed by atoms with Crippen molar-refractivity contribution >= 4 is 22.9 Å². The van der Waals surface area contributed by atoms with Gasteiger partial charge in [-0.2, -0.15) is 0 Å². The molecule has 1 aliphatic rings. The first kappa shape index (κ1) is 15.6. The number of amides is 1. The molecule has 0 bridgehead atoms. The lowest BCUT2D eigenvalue weighted by Crippen LogP contribution is -2.49. The SMILES string of the molecule is Cc1c(CN2CCNC(=O)C2c2cccs2)cccc1[N+](=O)[O-]. The third kappa shape index (κ3) is 3.11. The molecule has 1 atom stereocenters. The van der Waals surface area contributed by atoms with Crippen LogP contribution in [-0.4, -0.2) is 28.8 Å². The number of carbonyl (C=O) groups is 1. The summed E-state index contributed by atoms with van der Waals surface area (Å²) in [7, 11) is 0. The minimum Gasteiger partial charge on any atom is -0.353 e. The number of carbonyl (C=O) groups excluding carboxylic acids is 1. The summed E-state index contributed by atoms with van der Waals surface area (Å²) in [5, 5.41) is 15.9. The van der Waals surface area contributed by atoms with Gasteiger partial charge < -0.3 is 5.32 Å². The van der Waals surface area contributed by atoms with Crippen molar-refractivity contribution < 1.29 is 9.72 Å². The Labute approximate surface area is 137 Å². The zero-order valence-electron chi connectivity index (χ0n) is 12.7. The zero-order chi connectivity index (χ0) is 16.4. The second-order valence-corrected chi connectivity index (χ2v) is 6.48. The van der Waals surface area contributed by atoms with Gasteiger partial charge in [0.05, 0.1) is 4.92 Å². The first-order chi connectivity index (χ1) is 11.1. The van der Waals surface area contributed by atoms with Crippen LogP contribution in [0.1, 0.15) is 22.0 Å². The second-order valence-electron chi connectivity index (χ2n) is 5.50. The lowest BCUT2D eigenvalue weighted by molar-refractivity contribution is -0.385. The van der Waals surface area contributed by atoms with E-state index >= 15 is 0 Å². The molecule has 2 aromatic rings. The summed E-state index contributed by atoms with van der Waals surface area (Å²) < 4.78 is 0. The van der Waals surface area contributed by atoms with E-state index in [0.717, 1.165) is 17.0 Å². The van der Waals surface area contributed by atoms with Crippen LogP contribution in [0.15, 0.2) is 35.7 Å². The van der Waals surface area contributed by atoms with Crippen molar-refractivity contribution in [2.45, 2.75) is 19.5 Å². The maximum absolute atomic E-state index is 12.3. The monoisotopic (exact) mass is 331 g/mol. The zero-order valence-corrected chi connectivity index (χ0v) is 13.5. The van der Waals surface area contributed by atoms with Crippen LogP contribution in [-0.2, 0) is 11.3 Å². The number of hydrogen-bond donors (Lipinski definition) is 1. The molecule has 1 fully saturated rings. The quantitative estimate of drug-likeness (QED) is 0.690. The van der Waals surface area contributed by atoms with Gasteiger partial charge in [-0.15, -0.1) is 11.3 Å². The van der Waals surface area contributed by atoms with Crippen molar-refractivity contribution in [3.05, 3.63) is 61.8 Å². The first-order valence-corrected chi connectivity index (χ1v) is 8.24. The predicted octanol–water partition coefficient (Wildman–Crippen LogP) is 2.64. The van der Waals surface area contributed by atoms with Gasteiger partial charge in [-0.1, -0.05) is 18.2 Å². The van der Waals surface area contributed by atoms with E-state index in [1.54, 1.807) is 24.3 Å². The van der Waals surface area contributed by atoms with Crippen molar-refractivity contribution in [2.24, 2.45) is 0 Å². The van der Waals surface area contributed by atoms with Crippen molar-refractivity contribution in [1.82, 2.24) is 10.2 Å². The van der Waals surface area contributed by atoms with Gasteiger partial charge in [0.15, 0.2) is 0 Å². The molecule has 120 valence electrons. The molecule has 1 saturated heterocycles. The highest BCUT2D eigenvalue weighted by Gasteiger charge is 2.32. The summed E-state index contributed by atoms with van der Waals surface area (Å²) in [6, 6.07) is 8.65. The van der Waals surface area contributed by atoms with Gasteiger partial charge in [0.25, 0.3) is 5.69 Å². The van der Waals surface area contributed by atoms with Crippen LogP contribution in [0.25, 0.3) is 0 Å². The largest absolute Gasteiger partial charge is 0.353 e. The van der Waals surface area contributed by atoms with Gasteiger partial charge >= 0.3 is 0 Å². The smallest absolute Gasteiger partial charge is 0.272 e. The molecule has 0 saturated carbocycles. The fourth-order valence-corrected chi connectivity index (χ4v) is 3.75. The van der Waals surface area contributed by atoms with Gasteiger partial charge in [-0.25, -0.2) is 0 Å². The number of rotatable bonds is 4. The molecule has 1 N–H and O–H groups in total. The highest BCUT2D eigenvalue weighted by Crippen LogP contribution is 2.30. The number of thiophene rings is 1. The minimum atomic E-state index is -0.363. The number of piperazine rings is 1. The minimum absolute atomic E-state index is 0.0122. The standard InChI is InChI=1S/C16H17N3O3S/c1-11-12(4-2-5-13(11)19(21)22)10-18-8-7-17-16(20)15(18)14-6-3-9-23-14/h2-6,9,15H,7-8,10H2,1H3,(H,17,20). The number of hydrogen-bond acceptors (Lipinski definition) is 5. The predicted molar refractivity (Wildman–Crippen MR) is 88.3 cm³/mol. The third-order valence-corrected chi connectivity index (χ3v) is 5.04. The molecule has 1 aromatic heterocycles. The number of nitro benzene ring substituents is 1. The Balaban J connectivity index is 1.90.